The first-order valence-electron chi connectivity index (χ1n) is 5.46. The quantitative estimate of drug-likeness (QED) is 0.769. The van der Waals surface area contributed by atoms with Gasteiger partial charge in [0.2, 0.25) is 0 Å². The summed E-state index contributed by atoms with van der Waals surface area (Å²) in [4.78, 5) is 19.7. The number of rotatable bonds is 5. The third-order valence-corrected chi connectivity index (χ3v) is 2.92. The molecule has 0 saturated heterocycles. The van der Waals surface area contributed by atoms with E-state index in [9.17, 15) is 4.79 Å². The number of amides is 1. The molecule has 0 aliphatic carbocycles. The Kier molecular flexibility index (Phi) is 4.37. The Morgan fingerprint density at radius 3 is 2.56 bits per heavy atom. The molecule has 0 fully saturated rings. The fourth-order valence-electron chi connectivity index (χ4n) is 1.49. The fraction of sp³-hybridized carbons (Fsp3) is 0.545. The molecule has 0 aromatic carbocycles. The van der Waals surface area contributed by atoms with Gasteiger partial charge in [0.05, 0.1) is 11.7 Å². The molecule has 0 bridgehead atoms. The maximum Gasteiger partial charge on any atom is 0.271 e. The van der Waals surface area contributed by atoms with Crippen LogP contribution in [0.15, 0.2) is 18.6 Å². The Morgan fingerprint density at radius 1 is 1.44 bits per heavy atom. The Labute approximate surface area is 95.5 Å². The molecule has 1 heterocycles. The van der Waals surface area contributed by atoms with Gasteiger partial charge in [-0.3, -0.25) is 9.78 Å². The summed E-state index contributed by atoms with van der Waals surface area (Å²) in [6.07, 6.45) is 6.07. The van der Waals surface area contributed by atoms with Gasteiger partial charge in [-0.25, -0.2) is 4.98 Å². The van der Waals surface area contributed by atoms with E-state index < -0.39 is 0 Å². The van der Waals surface area contributed by atoms with E-state index in [1.807, 2.05) is 13.8 Å². The normalized spacial score (nSPS) is 11.2. The largest absolute Gasteiger partial charge is 0.344 e. The van der Waals surface area contributed by atoms with Crippen LogP contribution in [0.25, 0.3) is 0 Å². The summed E-state index contributed by atoms with van der Waals surface area (Å²) in [7, 11) is 0. The Bertz CT molecular complexity index is 327. The van der Waals surface area contributed by atoms with E-state index in [2.05, 4.69) is 15.3 Å². The summed E-state index contributed by atoms with van der Waals surface area (Å²) >= 11 is 0. The van der Waals surface area contributed by atoms with Crippen LogP contribution in [0.4, 0.5) is 0 Å². The topological polar surface area (TPSA) is 80.9 Å². The number of hydrogen-bond acceptors (Lipinski definition) is 4. The zero-order valence-corrected chi connectivity index (χ0v) is 9.73. The average Bonchev–Trinajstić information content (AvgIpc) is 2.37. The molecule has 0 aliphatic heterocycles. The average molecular weight is 222 g/mol. The van der Waals surface area contributed by atoms with Crippen molar-refractivity contribution in [2.45, 2.75) is 32.2 Å². The van der Waals surface area contributed by atoms with Crippen LogP contribution in [0.3, 0.4) is 0 Å². The molecule has 5 nitrogen and oxygen atoms in total. The molecule has 0 unspecified atom stereocenters. The minimum absolute atomic E-state index is 0.220. The summed E-state index contributed by atoms with van der Waals surface area (Å²) in [5.74, 6) is -0.220. The summed E-state index contributed by atoms with van der Waals surface area (Å²) in [6, 6.07) is 0. The molecule has 1 rings (SSSR count). The van der Waals surface area contributed by atoms with Gasteiger partial charge in [-0.05, 0) is 12.8 Å². The Morgan fingerprint density at radius 2 is 2.12 bits per heavy atom. The molecular formula is C11H18N4O. The van der Waals surface area contributed by atoms with Gasteiger partial charge in [0.15, 0.2) is 0 Å². The molecule has 1 amide bonds. The van der Waals surface area contributed by atoms with E-state index in [0.29, 0.717) is 12.2 Å². The zero-order chi connectivity index (χ0) is 12.0. The first-order chi connectivity index (χ1) is 7.67. The van der Waals surface area contributed by atoms with E-state index >= 15 is 0 Å². The minimum atomic E-state index is -0.339. The second-order valence-corrected chi connectivity index (χ2v) is 3.74. The molecule has 3 N–H and O–H groups in total. The molecule has 0 aliphatic rings. The highest BCUT2D eigenvalue weighted by Gasteiger charge is 2.27. The molecule has 16 heavy (non-hydrogen) atoms. The Balaban J connectivity index is 2.77. The highest BCUT2D eigenvalue weighted by atomic mass is 16.2. The van der Waals surface area contributed by atoms with Crippen LogP contribution in [-0.4, -0.2) is 28.0 Å². The third-order valence-electron chi connectivity index (χ3n) is 2.92. The van der Waals surface area contributed by atoms with E-state index in [1.54, 1.807) is 0 Å². The molecule has 0 spiro atoms. The molecule has 88 valence electrons. The predicted molar refractivity (Wildman–Crippen MR) is 61.9 cm³/mol. The SMILES string of the molecule is CCC(CC)(CN)NC(=O)c1cnccn1. The standard InChI is InChI=1S/C11H18N4O/c1-3-11(4-2,8-12)15-10(16)9-7-13-5-6-14-9/h5-7H,3-4,8,12H2,1-2H3,(H,15,16). The van der Waals surface area contributed by atoms with Crippen LogP contribution in [0.2, 0.25) is 0 Å². The molecule has 1 aromatic heterocycles. The van der Waals surface area contributed by atoms with E-state index in [1.165, 1.54) is 18.6 Å². The van der Waals surface area contributed by atoms with Crippen LogP contribution in [0.5, 0.6) is 0 Å². The zero-order valence-electron chi connectivity index (χ0n) is 9.73. The maximum absolute atomic E-state index is 11.9. The number of nitrogens with two attached hydrogens (primary N) is 1. The van der Waals surface area contributed by atoms with Gasteiger partial charge in [0.1, 0.15) is 5.69 Å². The lowest BCUT2D eigenvalue weighted by Gasteiger charge is -2.31. The lowest BCUT2D eigenvalue weighted by molar-refractivity contribution is 0.0889. The van der Waals surface area contributed by atoms with Crippen molar-refractivity contribution in [3.63, 3.8) is 0 Å². The van der Waals surface area contributed by atoms with Crippen LogP contribution in [0, 0.1) is 0 Å². The van der Waals surface area contributed by atoms with Crippen LogP contribution in [-0.2, 0) is 0 Å². The number of carbonyl (C=O) groups excluding carboxylic acids is 1. The van der Waals surface area contributed by atoms with Crippen molar-refractivity contribution in [2.75, 3.05) is 6.54 Å². The van der Waals surface area contributed by atoms with E-state index in [-0.39, 0.29) is 11.4 Å². The number of nitrogens with one attached hydrogen (secondary N) is 1. The van der Waals surface area contributed by atoms with E-state index in [4.69, 9.17) is 5.73 Å². The monoisotopic (exact) mass is 222 g/mol. The first kappa shape index (κ1) is 12.6. The second-order valence-electron chi connectivity index (χ2n) is 3.74. The van der Waals surface area contributed by atoms with Crippen molar-refractivity contribution in [2.24, 2.45) is 5.73 Å². The molecule has 1 aromatic rings. The summed E-state index contributed by atoms with van der Waals surface area (Å²) < 4.78 is 0. The van der Waals surface area contributed by atoms with Crippen molar-refractivity contribution in [3.8, 4) is 0 Å². The van der Waals surface area contributed by atoms with Crippen molar-refractivity contribution in [1.82, 2.24) is 15.3 Å². The maximum atomic E-state index is 11.9. The Hall–Kier alpha value is -1.49. The van der Waals surface area contributed by atoms with Crippen LogP contribution >= 0.6 is 0 Å². The van der Waals surface area contributed by atoms with Gasteiger partial charge in [0, 0.05) is 18.9 Å². The van der Waals surface area contributed by atoms with Gasteiger partial charge in [0.25, 0.3) is 5.91 Å². The molecule has 5 heteroatoms. The number of nitrogens with zero attached hydrogens (tertiary/aromatic N) is 2. The van der Waals surface area contributed by atoms with Gasteiger partial charge in [-0.15, -0.1) is 0 Å². The molecule has 0 saturated carbocycles. The van der Waals surface area contributed by atoms with Crippen molar-refractivity contribution >= 4 is 5.91 Å². The van der Waals surface area contributed by atoms with Gasteiger partial charge in [-0.1, -0.05) is 13.8 Å². The van der Waals surface area contributed by atoms with Gasteiger partial charge < -0.3 is 11.1 Å². The van der Waals surface area contributed by atoms with Gasteiger partial charge in [-0.2, -0.15) is 0 Å². The molecule has 0 radical (unpaired) electrons. The molecular weight excluding hydrogens is 204 g/mol. The first-order valence-corrected chi connectivity index (χ1v) is 5.46. The van der Waals surface area contributed by atoms with Gasteiger partial charge >= 0.3 is 0 Å². The van der Waals surface area contributed by atoms with Crippen molar-refractivity contribution in [3.05, 3.63) is 24.3 Å². The van der Waals surface area contributed by atoms with Crippen molar-refractivity contribution < 1.29 is 4.79 Å². The van der Waals surface area contributed by atoms with Crippen LogP contribution in [0.1, 0.15) is 37.2 Å². The lowest BCUT2D eigenvalue weighted by atomic mass is 9.93. The van der Waals surface area contributed by atoms with E-state index in [0.717, 1.165) is 12.8 Å². The van der Waals surface area contributed by atoms with Crippen molar-refractivity contribution in [1.29, 1.82) is 0 Å². The number of aromatic nitrogens is 2. The highest BCUT2D eigenvalue weighted by molar-refractivity contribution is 5.92. The summed E-state index contributed by atoms with van der Waals surface area (Å²) in [6.45, 7) is 4.44. The summed E-state index contributed by atoms with van der Waals surface area (Å²) in [5, 5.41) is 2.93. The minimum Gasteiger partial charge on any atom is -0.344 e. The fourth-order valence-corrected chi connectivity index (χ4v) is 1.49. The third kappa shape index (κ3) is 2.76. The molecule has 0 atom stereocenters. The number of hydrogen-bond donors (Lipinski definition) is 2. The predicted octanol–water partition coefficient (Wildman–Crippen LogP) is 0.724. The number of carbonyl (C=O) groups is 1. The highest BCUT2D eigenvalue weighted by Crippen LogP contribution is 2.13. The van der Waals surface area contributed by atoms with Crippen LogP contribution < -0.4 is 11.1 Å². The second kappa shape index (κ2) is 5.55. The summed E-state index contributed by atoms with van der Waals surface area (Å²) in [5.41, 5.74) is 5.69. The lowest BCUT2D eigenvalue weighted by Crippen LogP contribution is -2.53. The smallest absolute Gasteiger partial charge is 0.271 e.